The molecule has 0 bridgehead atoms. The van der Waals surface area contributed by atoms with Crippen molar-refractivity contribution in [2.75, 3.05) is 7.05 Å². The predicted octanol–water partition coefficient (Wildman–Crippen LogP) is 3.15. The number of carboxylic acid groups (broad SMARTS) is 1. The molecule has 1 aromatic rings. The summed E-state index contributed by atoms with van der Waals surface area (Å²) in [5.41, 5.74) is 1.19. The predicted molar refractivity (Wildman–Crippen MR) is 83.2 cm³/mol. The second-order valence-corrected chi connectivity index (χ2v) is 7.02. The van der Waals surface area contributed by atoms with Crippen molar-refractivity contribution in [1.29, 1.82) is 0 Å². The highest BCUT2D eigenvalue weighted by Crippen LogP contribution is 2.39. The van der Waals surface area contributed by atoms with Crippen LogP contribution < -0.4 is 0 Å². The number of thiophene rings is 1. The molecule has 4 nitrogen and oxygen atoms in total. The Morgan fingerprint density at radius 1 is 1.38 bits per heavy atom. The van der Waals surface area contributed by atoms with E-state index in [1.807, 2.05) is 18.4 Å². The molecule has 1 N–H and O–H groups in total. The Morgan fingerprint density at radius 3 is 2.57 bits per heavy atom. The van der Waals surface area contributed by atoms with E-state index in [4.69, 9.17) is 0 Å². The van der Waals surface area contributed by atoms with E-state index < -0.39 is 11.9 Å². The van der Waals surface area contributed by atoms with E-state index in [2.05, 4.69) is 6.92 Å². The zero-order valence-electron chi connectivity index (χ0n) is 12.8. The standard InChI is InChI=1S/C16H23NO3S/c1-4-11-7-12(13(8-11)16(19)20)15(18)17(3)9-14-10(2)5-6-21-14/h5-6,11-13H,4,7-9H2,1-3H3,(H,19,20)/t11?,12-,13+/m0/s1. The molecular weight excluding hydrogens is 286 g/mol. The summed E-state index contributed by atoms with van der Waals surface area (Å²) >= 11 is 1.64. The smallest absolute Gasteiger partial charge is 0.307 e. The molecule has 1 amide bonds. The largest absolute Gasteiger partial charge is 0.481 e. The summed E-state index contributed by atoms with van der Waals surface area (Å²) in [5, 5.41) is 11.4. The Balaban J connectivity index is 2.07. The van der Waals surface area contributed by atoms with Crippen molar-refractivity contribution in [3.05, 3.63) is 21.9 Å². The van der Waals surface area contributed by atoms with Crippen LogP contribution in [0.25, 0.3) is 0 Å². The van der Waals surface area contributed by atoms with Crippen LogP contribution in [0.2, 0.25) is 0 Å². The lowest BCUT2D eigenvalue weighted by molar-refractivity contribution is -0.148. The summed E-state index contributed by atoms with van der Waals surface area (Å²) in [5.74, 6) is -1.37. The zero-order valence-corrected chi connectivity index (χ0v) is 13.7. The Hall–Kier alpha value is -1.36. The summed E-state index contributed by atoms with van der Waals surface area (Å²) in [6.07, 6.45) is 2.29. The third kappa shape index (κ3) is 3.46. The van der Waals surface area contributed by atoms with Crippen LogP contribution in [0.15, 0.2) is 11.4 Å². The molecule has 0 spiro atoms. The molecular formula is C16H23NO3S. The topological polar surface area (TPSA) is 57.6 Å². The average Bonchev–Trinajstić information content (AvgIpc) is 3.05. The first kappa shape index (κ1) is 16.0. The van der Waals surface area contributed by atoms with Crippen molar-refractivity contribution < 1.29 is 14.7 Å². The fourth-order valence-electron chi connectivity index (χ4n) is 3.16. The molecule has 116 valence electrons. The molecule has 21 heavy (non-hydrogen) atoms. The Kier molecular flexibility index (Phi) is 5.04. The van der Waals surface area contributed by atoms with Crippen LogP contribution in [0.5, 0.6) is 0 Å². The molecule has 2 rings (SSSR count). The molecule has 1 unspecified atom stereocenters. The first-order valence-electron chi connectivity index (χ1n) is 7.44. The summed E-state index contributed by atoms with van der Waals surface area (Å²) in [4.78, 5) is 26.9. The lowest BCUT2D eigenvalue weighted by Gasteiger charge is -2.23. The highest BCUT2D eigenvalue weighted by atomic mass is 32.1. The number of aryl methyl sites for hydroxylation is 1. The van der Waals surface area contributed by atoms with Crippen molar-refractivity contribution in [2.24, 2.45) is 17.8 Å². The second-order valence-electron chi connectivity index (χ2n) is 6.02. The van der Waals surface area contributed by atoms with Crippen molar-refractivity contribution in [3.63, 3.8) is 0 Å². The van der Waals surface area contributed by atoms with Crippen LogP contribution in [0.1, 0.15) is 36.6 Å². The normalized spacial score (nSPS) is 25.0. The van der Waals surface area contributed by atoms with Crippen LogP contribution in [0.3, 0.4) is 0 Å². The van der Waals surface area contributed by atoms with Gasteiger partial charge in [0, 0.05) is 11.9 Å². The number of rotatable bonds is 5. The second kappa shape index (κ2) is 6.60. The van der Waals surface area contributed by atoms with E-state index in [0.29, 0.717) is 25.3 Å². The fourth-order valence-corrected chi connectivity index (χ4v) is 4.12. The number of carbonyl (C=O) groups excluding carboxylic acids is 1. The van der Waals surface area contributed by atoms with E-state index in [9.17, 15) is 14.7 Å². The van der Waals surface area contributed by atoms with E-state index >= 15 is 0 Å². The number of carbonyl (C=O) groups is 2. The highest BCUT2D eigenvalue weighted by molar-refractivity contribution is 7.10. The molecule has 5 heteroatoms. The number of carboxylic acids is 1. The van der Waals surface area contributed by atoms with Gasteiger partial charge in [0.25, 0.3) is 0 Å². The lowest BCUT2D eigenvalue weighted by atomic mass is 9.95. The Morgan fingerprint density at radius 2 is 2.05 bits per heavy atom. The van der Waals surface area contributed by atoms with Gasteiger partial charge >= 0.3 is 5.97 Å². The van der Waals surface area contributed by atoms with Crippen molar-refractivity contribution in [1.82, 2.24) is 4.90 Å². The first-order valence-corrected chi connectivity index (χ1v) is 8.32. The van der Waals surface area contributed by atoms with E-state index in [-0.39, 0.29) is 11.8 Å². The zero-order chi connectivity index (χ0) is 15.6. The van der Waals surface area contributed by atoms with Gasteiger partial charge in [-0.15, -0.1) is 11.3 Å². The van der Waals surface area contributed by atoms with Crippen LogP contribution in [-0.4, -0.2) is 28.9 Å². The maximum atomic E-state index is 12.6. The molecule has 1 saturated carbocycles. The maximum Gasteiger partial charge on any atom is 0.307 e. The number of aliphatic carboxylic acids is 1. The summed E-state index contributed by atoms with van der Waals surface area (Å²) in [7, 11) is 1.78. The van der Waals surface area contributed by atoms with Gasteiger partial charge in [-0.1, -0.05) is 13.3 Å². The average molecular weight is 309 g/mol. The fraction of sp³-hybridized carbons (Fsp3) is 0.625. The van der Waals surface area contributed by atoms with Gasteiger partial charge in [0.05, 0.1) is 18.4 Å². The molecule has 0 aliphatic heterocycles. The van der Waals surface area contributed by atoms with Crippen LogP contribution in [0.4, 0.5) is 0 Å². The van der Waals surface area contributed by atoms with Gasteiger partial charge in [-0.2, -0.15) is 0 Å². The van der Waals surface area contributed by atoms with E-state index in [0.717, 1.165) is 6.42 Å². The SMILES string of the molecule is CCC1C[C@H](C(=O)N(C)Cc2sccc2C)[C@H](C(=O)O)C1. The van der Waals surface area contributed by atoms with Gasteiger partial charge in [-0.3, -0.25) is 9.59 Å². The van der Waals surface area contributed by atoms with Gasteiger partial charge < -0.3 is 10.0 Å². The molecule has 0 radical (unpaired) electrons. The number of hydrogen-bond acceptors (Lipinski definition) is 3. The monoisotopic (exact) mass is 309 g/mol. The van der Waals surface area contributed by atoms with Crippen LogP contribution >= 0.6 is 11.3 Å². The van der Waals surface area contributed by atoms with Crippen LogP contribution in [0, 0.1) is 24.7 Å². The molecule has 1 aliphatic carbocycles. The van der Waals surface area contributed by atoms with Gasteiger partial charge in [-0.05, 0) is 42.7 Å². The maximum absolute atomic E-state index is 12.6. The quantitative estimate of drug-likeness (QED) is 0.909. The molecule has 0 saturated heterocycles. The molecule has 0 aromatic carbocycles. The van der Waals surface area contributed by atoms with Gasteiger partial charge in [0.15, 0.2) is 0 Å². The van der Waals surface area contributed by atoms with Crippen molar-refractivity contribution >= 4 is 23.2 Å². The first-order chi connectivity index (χ1) is 9.93. The van der Waals surface area contributed by atoms with Gasteiger partial charge in [0.1, 0.15) is 0 Å². The number of nitrogens with zero attached hydrogens (tertiary/aromatic N) is 1. The lowest BCUT2D eigenvalue weighted by Crippen LogP contribution is -2.36. The minimum atomic E-state index is -0.829. The van der Waals surface area contributed by atoms with Crippen molar-refractivity contribution in [2.45, 2.75) is 39.7 Å². The number of hydrogen-bond donors (Lipinski definition) is 1. The van der Waals surface area contributed by atoms with E-state index in [1.54, 1.807) is 23.3 Å². The summed E-state index contributed by atoms with van der Waals surface area (Å²) in [6, 6.07) is 2.04. The third-order valence-corrected chi connectivity index (χ3v) is 5.60. The minimum absolute atomic E-state index is 0.0221. The van der Waals surface area contributed by atoms with E-state index in [1.165, 1.54) is 10.4 Å². The van der Waals surface area contributed by atoms with Gasteiger partial charge in [0.2, 0.25) is 5.91 Å². The Labute approximate surface area is 129 Å². The minimum Gasteiger partial charge on any atom is -0.481 e. The Bertz CT molecular complexity index is 525. The van der Waals surface area contributed by atoms with Crippen LogP contribution in [-0.2, 0) is 16.1 Å². The molecule has 1 fully saturated rings. The van der Waals surface area contributed by atoms with Gasteiger partial charge in [-0.25, -0.2) is 0 Å². The molecule has 1 aliphatic rings. The molecule has 1 heterocycles. The number of amides is 1. The highest BCUT2D eigenvalue weighted by Gasteiger charge is 2.43. The third-order valence-electron chi connectivity index (χ3n) is 4.60. The summed E-state index contributed by atoms with van der Waals surface area (Å²) < 4.78 is 0. The summed E-state index contributed by atoms with van der Waals surface area (Å²) in [6.45, 7) is 4.67. The van der Waals surface area contributed by atoms with Crippen molar-refractivity contribution in [3.8, 4) is 0 Å². The molecule has 1 aromatic heterocycles. The molecule has 3 atom stereocenters.